The molecule has 1 aliphatic heterocycles. The fourth-order valence-corrected chi connectivity index (χ4v) is 4.02. The number of carbonyl (C=O) groups excluding carboxylic acids is 1. The number of methoxy groups -OCH3 is 2. The lowest BCUT2D eigenvalue weighted by molar-refractivity contribution is -0.121. The summed E-state index contributed by atoms with van der Waals surface area (Å²) in [6.45, 7) is 0.400. The number of ether oxygens (including phenoxy) is 2. The highest BCUT2D eigenvalue weighted by molar-refractivity contribution is 5.93. The molecule has 180 valence electrons. The van der Waals surface area contributed by atoms with Gasteiger partial charge in [0.25, 0.3) is 0 Å². The average Bonchev–Trinajstić information content (AvgIpc) is 3.24. The number of para-hydroxylation sites is 1. The number of fused-ring (bicyclic) bond motifs is 3. The predicted molar refractivity (Wildman–Crippen MR) is 127 cm³/mol. The Morgan fingerprint density at radius 2 is 1.94 bits per heavy atom. The SMILES string of the molecule is COc1ccc(-c2nc3c4ccccc4nc(N[C@@H]4CN(C(=O)O)CCNC4=O)n3n2)cc1OC. The minimum absolute atomic E-state index is 0.0333. The van der Waals surface area contributed by atoms with E-state index in [0.717, 1.165) is 5.39 Å². The van der Waals surface area contributed by atoms with Crippen LogP contribution in [0.25, 0.3) is 27.9 Å². The van der Waals surface area contributed by atoms with Gasteiger partial charge in [-0.2, -0.15) is 4.52 Å². The first-order valence-electron chi connectivity index (χ1n) is 10.9. The largest absolute Gasteiger partial charge is 0.493 e. The highest BCUT2D eigenvalue weighted by Gasteiger charge is 2.29. The van der Waals surface area contributed by atoms with Crippen molar-refractivity contribution in [2.75, 3.05) is 39.2 Å². The van der Waals surface area contributed by atoms with Gasteiger partial charge in [-0.15, -0.1) is 5.10 Å². The maximum atomic E-state index is 12.7. The van der Waals surface area contributed by atoms with Gasteiger partial charge in [0, 0.05) is 24.0 Å². The molecule has 0 saturated carbocycles. The number of benzene rings is 2. The van der Waals surface area contributed by atoms with E-state index in [1.807, 2.05) is 30.3 Å². The molecule has 0 unspecified atom stereocenters. The molecule has 1 atom stereocenters. The smallest absolute Gasteiger partial charge is 0.407 e. The van der Waals surface area contributed by atoms with Crippen LogP contribution in [0, 0.1) is 0 Å². The van der Waals surface area contributed by atoms with Crippen molar-refractivity contribution in [3.05, 3.63) is 42.5 Å². The summed E-state index contributed by atoms with van der Waals surface area (Å²) in [6, 6.07) is 12.0. The highest BCUT2D eigenvalue weighted by atomic mass is 16.5. The zero-order chi connectivity index (χ0) is 24.5. The maximum absolute atomic E-state index is 12.7. The van der Waals surface area contributed by atoms with Crippen molar-refractivity contribution >= 4 is 34.5 Å². The molecule has 3 N–H and O–H groups in total. The zero-order valence-corrected chi connectivity index (χ0v) is 19.1. The van der Waals surface area contributed by atoms with Crippen LogP contribution in [0.4, 0.5) is 10.7 Å². The minimum atomic E-state index is -1.10. The van der Waals surface area contributed by atoms with Crippen molar-refractivity contribution in [3.63, 3.8) is 0 Å². The molecule has 0 aliphatic carbocycles. The molecule has 12 heteroatoms. The van der Waals surface area contributed by atoms with E-state index in [2.05, 4.69) is 20.7 Å². The summed E-state index contributed by atoms with van der Waals surface area (Å²) in [5, 5.41) is 20.7. The second kappa shape index (κ2) is 8.97. The van der Waals surface area contributed by atoms with Gasteiger partial charge in [0.15, 0.2) is 23.0 Å². The molecule has 2 amide bonds. The van der Waals surface area contributed by atoms with E-state index < -0.39 is 12.1 Å². The molecule has 0 spiro atoms. The van der Waals surface area contributed by atoms with Crippen LogP contribution in [0.3, 0.4) is 0 Å². The number of hydrogen-bond acceptors (Lipinski definition) is 8. The lowest BCUT2D eigenvalue weighted by Crippen LogP contribution is -2.44. The van der Waals surface area contributed by atoms with Crippen LogP contribution in [-0.4, -0.2) is 81.5 Å². The number of anilines is 1. The standard InChI is InChI=1S/C23H23N7O5/c1-34-17-8-7-13(11-18(17)35-2)19-27-20-14-5-3-4-6-15(14)25-22(30(20)28-19)26-16-12-29(23(32)33)10-9-24-21(16)31/h3-8,11,16H,9-10,12H2,1-2H3,(H,24,31)(H,25,26)(H,32,33)/t16-/m1/s1. The van der Waals surface area contributed by atoms with Crippen molar-refractivity contribution in [3.8, 4) is 22.9 Å². The fraction of sp³-hybridized carbons (Fsp3) is 0.261. The number of nitrogens with one attached hydrogen (secondary N) is 2. The monoisotopic (exact) mass is 477 g/mol. The summed E-state index contributed by atoms with van der Waals surface area (Å²) in [6.07, 6.45) is -1.10. The molecule has 12 nitrogen and oxygen atoms in total. The molecule has 2 aromatic carbocycles. The number of aromatic nitrogens is 4. The number of carbonyl (C=O) groups is 2. The number of rotatable bonds is 5. The third kappa shape index (κ3) is 4.09. The molecule has 35 heavy (non-hydrogen) atoms. The minimum Gasteiger partial charge on any atom is -0.493 e. The van der Waals surface area contributed by atoms with Gasteiger partial charge in [-0.05, 0) is 30.3 Å². The quantitative estimate of drug-likeness (QED) is 0.392. The summed E-state index contributed by atoms with van der Waals surface area (Å²) in [4.78, 5) is 34.8. The van der Waals surface area contributed by atoms with Gasteiger partial charge in [0.05, 0.1) is 26.3 Å². The first-order valence-corrected chi connectivity index (χ1v) is 10.9. The van der Waals surface area contributed by atoms with E-state index in [-0.39, 0.29) is 31.5 Å². The molecular formula is C23H23N7O5. The Bertz CT molecular complexity index is 1440. The van der Waals surface area contributed by atoms with Crippen molar-refractivity contribution in [2.45, 2.75) is 6.04 Å². The maximum Gasteiger partial charge on any atom is 0.407 e. The van der Waals surface area contributed by atoms with Crippen LogP contribution in [-0.2, 0) is 4.79 Å². The van der Waals surface area contributed by atoms with Crippen LogP contribution in [0.15, 0.2) is 42.5 Å². The van der Waals surface area contributed by atoms with E-state index in [1.54, 1.807) is 26.4 Å². The Morgan fingerprint density at radius 3 is 2.71 bits per heavy atom. The normalized spacial score (nSPS) is 16.1. The van der Waals surface area contributed by atoms with Gasteiger partial charge in [0.1, 0.15) is 6.04 Å². The lowest BCUT2D eigenvalue weighted by atomic mass is 10.2. The third-order valence-electron chi connectivity index (χ3n) is 5.80. The Kier molecular flexibility index (Phi) is 5.69. The van der Waals surface area contributed by atoms with Crippen molar-refractivity contribution in [1.29, 1.82) is 0 Å². The van der Waals surface area contributed by atoms with E-state index in [1.165, 1.54) is 9.42 Å². The number of carboxylic acid groups (broad SMARTS) is 1. The predicted octanol–water partition coefficient (Wildman–Crippen LogP) is 1.85. The van der Waals surface area contributed by atoms with Gasteiger partial charge >= 0.3 is 6.09 Å². The van der Waals surface area contributed by atoms with Crippen LogP contribution < -0.4 is 20.1 Å². The molecule has 0 radical (unpaired) electrons. The Hall–Kier alpha value is -4.61. The average molecular weight is 477 g/mol. The van der Waals surface area contributed by atoms with Crippen molar-refractivity contribution < 1.29 is 24.2 Å². The first kappa shape index (κ1) is 22.2. The molecule has 1 aliphatic rings. The van der Waals surface area contributed by atoms with Crippen molar-refractivity contribution in [2.24, 2.45) is 0 Å². The van der Waals surface area contributed by atoms with E-state index in [4.69, 9.17) is 14.5 Å². The fourth-order valence-electron chi connectivity index (χ4n) is 4.02. The Balaban J connectivity index is 1.62. The van der Waals surface area contributed by atoms with Gasteiger partial charge < -0.3 is 30.1 Å². The van der Waals surface area contributed by atoms with Gasteiger partial charge in [-0.1, -0.05) is 12.1 Å². The van der Waals surface area contributed by atoms with E-state index >= 15 is 0 Å². The summed E-state index contributed by atoms with van der Waals surface area (Å²) < 4.78 is 12.3. The molecular weight excluding hydrogens is 454 g/mol. The van der Waals surface area contributed by atoms with Gasteiger partial charge in [0.2, 0.25) is 11.9 Å². The first-order chi connectivity index (χ1) is 17.0. The van der Waals surface area contributed by atoms with Crippen molar-refractivity contribution in [1.82, 2.24) is 29.8 Å². The Labute approximate surface area is 199 Å². The number of nitrogens with zero attached hydrogens (tertiary/aromatic N) is 5. The topological polar surface area (TPSA) is 143 Å². The number of hydrogen-bond donors (Lipinski definition) is 3. The molecule has 5 rings (SSSR count). The summed E-state index contributed by atoms with van der Waals surface area (Å²) in [7, 11) is 3.11. The van der Waals surface area contributed by atoms with E-state index in [9.17, 15) is 14.7 Å². The Morgan fingerprint density at radius 1 is 1.14 bits per heavy atom. The zero-order valence-electron chi connectivity index (χ0n) is 19.1. The summed E-state index contributed by atoms with van der Waals surface area (Å²) >= 11 is 0. The summed E-state index contributed by atoms with van der Waals surface area (Å²) in [5.41, 5.74) is 1.88. The molecule has 0 bridgehead atoms. The van der Waals surface area contributed by atoms with Crippen LogP contribution in [0.2, 0.25) is 0 Å². The lowest BCUT2D eigenvalue weighted by Gasteiger charge is -2.21. The molecule has 4 aromatic rings. The second-order valence-corrected chi connectivity index (χ2v) is 7.91. The molecule has 1 saturated heterocycles. The van der Waals surface area contributed by atoms with Crippen LogP contribution >= 0.6 is 0 Å². The molecule has 3 heterocycles. The highest BCUT2D eigenvalue weighted by Crippen LogP contribution is 2.32. The molecule has 1 fully saturated rings. The van der Waals surface area contributed by atoms with Gasteiger partial charge in [-0.3, -0.25) is 4.79 Å². The summed E-state index contributed by atoms with van der Waals surface area (Å²) in [5.74, 6) is 1.48. The van der Waals surface area contributed by atoms with Crippen LogP contribution in [0.1, 0.15) is 0 Å². The molecule has 2 aromatic heterocycles. The number of amides is 2. The van der Waals surface area contributed by atoms with Gasteiger partial charge in [-0.25, -0.2) is 14.8 Å². The third-order valence-corrected chi connectivity index (χ3v) is 5.80. The van der Waals surface area contributed by atoms with E-state index in [0.29, 0.717) is 34.1 Å². The van der Waals surface area contributed by atoms with Crippen LogP contribution in [0.5, 0.6) is 11.5 Å². The second-order valence-electron chi connectivity index (χ2n) is 7.91.